The van der Waals surface area contributed by atoms with Crippen molar-refractivity contribution >= 4 is 17.1 Å². The van der Waals surface area contributed by atoms with Gasteiger partial charge in [-0.3, -0.25) is 4.79 Å². The third-order valence-electron chi connectivity index (χ3n) is 6.01. The zero-order valence-corrected chi connectivity index (χ0v) is 21.7. The Morgan fingerprint density at radius 3 is 2.19 bits per heavy atom. The second-order valence-corrected chi connectivity index (χ2v) is 9.15. The maximum Gasteiger partial charge on any atom is 0.303 e. The zero-order chi connectivity index (χ0) is 26.4. The number of carbonyl (C=O) groups is 1. The Bertz CT molecular complexity index is 1250. The molecule has 0 amide bonds. The average molecular weight is 504 g/mol. The summed E-state index contributed by atoms with van der Waals surface area (Å²) in [6.45, 7) is 4.58. The fourth-order valence-electron chi connectivity index (χ4n) is 4.43. The number of hydrogen-bond acceptors (Lipinski definition) is 7. The van der Waals surface area contributed by atoms with E-state index in [1.807, 2.05) is 73.6 Å². The van der Waals surface area contributed by atoms with Crippen LogP contribution in [0.1, 0.15) is 37.0 Å². The van der Waals surface area contributed by atoms with E-state index in [0.717, 1.165) is 45.8 Å². The van der Waals surface area contributed by atoms with Crippen molar-refractivity contribution in [3.63, 3.8) is 0 Å². The van der Waals surface area contributed by atoms with E-state index in [-0.39, 0.29) is 31.2 Å². The van der Waals surface area contributed by atoms with Crippen LogP contribution in [0.25, 0.3) is 11.1 Å². The molecule has 4 rings (SSSR count). The quantitative estimate of drug-likeness (QED) is 0.295. The lowest BCUT2D eigenvalue weighted by atomic mass is 9.88. The Hall–Kier alpha value is -3.97. The molecule has 7 nitrogen and oxygen atoms in total. The van der Waals surface area contributed by atoms with E-state index in [1.165, 1.54) is 6.92 Å². The lowest BCUT2D eigenvalue weighted by Gasteiger charge is -2.21. The molecule has 3 aromatic carbocycles. The first-order valence-electron chi connectivity index (χ1n) is 12.3. The van der Waals surface area contributed by atoms with Crippen LogP contribution in [0.2, 0.25) is 0 Å². The first-order valence-corrected chi connectivity index (χ1v) is 12.3. The second kappa shape index (κ2) is 11.8. The third kappa shape index (κ3) is 6.62. The van der Waals surface area contributed by atoms with Crippen molar-refractivity contribution in [2.45, 2.75) is 26.4 Å². The highest BCUT2D eigenvalue weighted by molar-refractivity contribution is 5.99. The number of phenols is 1. The molecule has 1 atom stereocenters. The zero-order valence-electron chi connectivity index (χ0n) is 21.7. The molecule has 3 aromatic rings. The molecule has 0 saturated carbocycles. The Labute approximate surface area is 217 Å². The Kier molecular flexibility index (Phi) is 8.36. The van der Waals surface area contributed by atoms with Crippen LogP contribution in [0.4, 0.5) is 0 Å². The summed E-state index contributed by atoms with van der Waals surface area (Å²) in [6, 6.07) is 21.1. The van der Waals surface area contributed by atoms with Crippen molar-refractivity contribution in [2.75, 3.05) is 34.0 Å². The predicted octanol–water partition coefficient (Wildman–Crippen LogP) is 5.36. The van der Waals surface area contributed by atoms with Gasteiger partial charge in [0.05, 0.1) is 0 Å². The monoisotopic (exact) mass is 503 g/mol. The van der Waals surface area contributed by atoms with E-state index in [1.54, 1.807) is 12.1 Å². The summed E-state index contributed by atoms with van der Waals surface area (Å²) in [4.78, 5) is 13.4. The number of benzene rings is 3. The van der Waals surface area contributed by atoms with E-state index in [4.69, 9.17) is 18.9 Å². The summed E-state index contributed by atoms with van der Waals surface area (Å²) >= 11 is 0. The second-order valence-electron chi connectivity index (χ2n) is 9.15. The molecular formula is C30H33NO6. The van der Waals surface area contributed by atoms with Gasteiger partial charge in [0.15, 0.2) is 11.5 Å². The Morgan fingerprint density at radius 2 is 1.57 bits per heavy atom. The van der Waals surface area contributed by atoms with Crippen molar-refractivity contribution in [1.82, 2.24) is 4.90 Å². The molecule has 0 spiro atoms. The average Bonchev–Trinajstić information content (AvgIpc) is 3.34. The number of nitrogens with zero attached hydrogens (tertiary/aromatic N) is 1. The van der Waals surface area contributed by atoms with Crippen LogP contribution >= 0.6 is 0 Å². The molecule has 1 heterocycles. The molecule has 1 N–H and O–H groups in total. The fraction of sp³-hybridized carbons (Fsp3) is 0.300. The summed E-state index contributed by atoms with van der Waals surface area (Å²) in [7, 11) is 3.85. The lowest BCUT2D eigenvalue weighted by Crippen LogP contribution is -2.34. The highest BCUT2D eigenvalue weighted by Gasteiger charge is 2.19. The van der Waals surface area contributed by atoms with E-state index in [9.17, 15) is 9.90 Å². The van der Waals surface area contributed by atoms with Gasteiger partial charge in [0.25, 0.3) is 0 Å². The highest BCUT2D eigenvalue weighted by Crippen LogP contribution is 2.40. The minimum absolute atomic E-state index is 0.216. The summed E-state index contributed by atoms with van der Waals surface area (Å²) in [6.07, 6.45) is 0.417. The molecule has 1 aliphatic heterocycles. The van der Waals surface area contributed by atoms with Crippen molar-refractivity contribution in [3.8, 4) is 23.0 Å². The first kappa shape index (κ1) is 26.1. The molecule has 0 bridgehead atoms. The van der Waals surface area contributed by atoms with E-state index >= 15 is 0 Å². The SMILES string of the molecule is CC/C(=C(\c1ccc(O)cc1)c1ccc(OCC(CN(C)C)OC(C)=O)cc1)c1ccc2c(c1)OCO2. The molecule has 0 aliphatic carbocycles. The van der Waals surface area contributed by atoms with Gasteiger partial charge >= 0.3 is 5.97 Å². The predicted molar refractivity (Wildman–Crippen MR) is 143 cm³/mol. The summed E-state index contributed by atoms with van der Waals surface area (Å²) in [5, 5.41) is 9.88. The molecule has 0 saturated heterocycles. The number of carbonyl (C=O) groups excluding carboxylic acids is 1. The molecule has 0 fully saturated rings. The molecule has 1 unspecified atom stereocenters. The number of rotatable bonds is 10. The number of esters is 1. The highest BCUT2D eigenvalue weighted by atomic mass is 16.7. The fourth-order valence-corrected chi connectivity index (χ4v) is 4.43. The number of allylic oxidation sites excluding steroid dienone is 1. The van der Waals surface area contributed by atoms with Crippen LogP contribution in [-0.4, -0.2) is 56.1 Å². The molecule has 0 aromatic heterocycles. The van der Waals surface area contributed by atoms with Crippen LogP contribution in [0.3, 0.4) is 0 Å². The van der Waals surface area contributed by atoms with Gasteiger partial charge in [-0.15, -0.1) is 0 Å². The van der Waals surface area contributed by atoms with Gasteiger partial charge in [0.2, 0.25) is 6.79 Å². The largest absolute Gasteiger partial charge is 0.508 e. The van der Waals surface area contributed by atoms with Crippen LogP contribution in [0.15, 0.2) is 66.7 Å². The van der Waals surface area contributed by atoms with Crippen LogP contribution in [-0.2, 0) is 9.53 Å². The van der Waals surface area contributed by atoms with Crippen molar-refractivity contribution in [1.29, 1.82) is 0 Å². The van der Waals surface area contributed by atoms with E-state index < -0.39 is 0 Å². The van der Waals surface area contributed by atoms with Crippen LogP contribution < -0.4 is 14.2 Å². The Balaban J connectivity index is 1.66. The number of aromatic hydroxyl groups is 1. The van der Waals surface area contributed by atoms with Gasteiger partial charge in [-0.05, 0) is 84.8 Å². The minimum atomic E-state index is -0.364. The van der Waals surface area contributed by atoms with Crippen LogP contribution in [0, 0.1) is 0 Å². The summed E-state index contributed by atoms with van der Waals surface area (Å²) in [5.41, 5.74) is 5.24. The Morgan fingerprint density at radius 1 is 0.946 bits per heavy atom. The molecule has 194 valence electrons. The van der Waals surface area contributed by atoms with Gasteiger partial charge in [0, 0.05) is 13.5 Å². The topological polar surface area (TPSA) is 77.5 Å². The summed E-state index contributed by atoms with van der Waals surface area (Å²) in [5.74, 6) is 2.05. The number of ether oxygens (including phenoxy) is 4. The lowest BCUT2D eigenvalue weighted by molar-refractivity contribution is -0.148. The molecule has 0 radical (unpaired) electrons. The van der Waals surface area contributed by atoms with Crippen molar-refractivity contribution in [3.05, 3.63) is 83.4 Å². The maximum absolute atomic E-state index is 11.5. The van der Waals surface area contributed by atoms with Gasteiger partial charge in [-0.2, -0.15) is 0 Å². The number of phenolic OH excluding ortho intramolecular Hbond substituents is 1. The van der Waals surface area contributed by atoms with Gasteiger partial charge in [-0.25, -0.2) is 0 Å². The molecule has 37 heavy (non-hydrogen) atoms. The standard InChI is InChI=1S/C30H33NO6/c1-5-27(23-10-15-28-29(16-23)36-19-35-28)30(21-6-11-24(33)12-7-21)22-8-13-25(14-9-22)34-18-26(17-31(3)4)37-20(2)32/h6-16,26,33H,5,17-19H2,1-4H3/b30-27-. The van der Waals surface area contributed by atoms with E-state index in [0.29, 0.717) is 12.3 Å². The van der Waals surface area contributed by atoms with E-state index in [2.05, 4.69) is 6.92 Å². The third-order valence-corrected chi connectivity index (χ3v) is 6.01. The van der Waals surface area contributed by atoms with Crippen molar-refractivity contribution in [2.24, 2.45) is 0 Å². The minimum Gasteiger partial charge on any atom is -0.508 e. The van der Waals surface area contributed by atoms with Gasteiger partial charge < -0.3 is 29.0 Å². The van der Waals surface area contributed by atoms with Crippen LogP contribution in [0.5, 0.6) is 23.0 Å². The first-order chi connectivity index (χ1) is 17.8. The molecule has 7 heteroatoms. The smallest absolute Gasteiger partial charge is 0.303 e. The number of likely N-dealkylation sites (N-methyl/N-ethyl adjacent to an activating group) is 1. The summed E-state index contributed by atoms with van der Waals surface area (Å²) < 4.78 is 22.5. The number of fused-ring (bicyclic) bond motifs is 1. The molecule has 1 aliphatic rings. The molecular weight excluding hydrogens is 470 g/mol. The normalized spacial score (nSPS) is 13.8. The number of hydrogen-bond donors (Lipinski definition) is 1. The van der Waals surface area contributed by atoms with Crippen molar-refractivity contribution < 1.29 is 28.8 Å². The van der Waals surface area contributed by atoms with Gasteiger partial charge in [0.1, 0.15) is 24.2 Å². The van der Waals surface area contributed by atoms with Gasteiger partial charge in [-0.1, -0.05) is 37.3 Å². The maximum atomic E-state index is 11.5.